The number of hydrogen-bond acceptors (Lipinski definition) is 3. The van der Waals surface area contributed by atoms with Gasteiger partial charge in [0, 0.05) is 24.0 Å². The lowest BCUT2D eigenvalue weighted by atomic mass is 9.91. The second kappa shape index (κ2) is 8.55. The summed E-state index contributed by atoms with van der Waals surface area (Å²) < 4.78 is 0. The van der Waals surface area contributed by atoms with E-state index in [9.17, 15) is 4.79 Å². The molecule has 0 aliphatic carbocycles. The van der Waals surface area contributed by atoms with E-state index in [1.165, 1.54) is 6.42 Å². The first kappa shape index (κ1) is 17.3. The molecular weight excluding hydrogens is 292 g/mol. The Morgan fingerprint density at radius 3 is 2.75 bits per heavy atom. The molecule has 0 aromatic heterocycles. The fraction of sp³-hybridized carbons (Fsp3) is 0.533. The maximum Gasteiger partial charge on any atom is 0.233 e. The first-order valence-corrected chi connectivity index (χ1v) is 7.88. The van der Waals surface area contributed by atoms with Crippen molar-refractivity contribution in [2.24, 2.45) is 11.7 Å². The summed E-state index contributed by atoms with van der Waals surface area (Å²) in [4.78, 5) is 15.5. The molecule has 2 atom stereocenters. The fourth-order valence-electron chi connectivity index (χ4n) is 2.66. The molecule has 1 saturated heterocycles. The Balaban J connectivity index is 0.00000200. The molecule has 1 amide bonds. The highest BCUT2D eigenvalue weighted by molar-refractivity contribution is 8.00. The van der Waals surface area contributed by atoms with Gasteiger partial charge in [-0.3, -0.25) is 4.79 Å². The molecule has 0 saturated carbocycles. The van der Waals surface area contributed by atoms with E-state index < -0.39 is 0 Å². The predicted octanol–water partition coefficient (Wildman–Crippen LogP) is 2.79. The summed E-state index contributed by atoms with van der Waals surface area (Å²) in [5.41, 5.74) is 5.83. The van der Waals surface area contributed by atoms with Crippen LogP contribution in [0.15, 0.2) is 35.2 Å². The van der Waals surface area contributed by atoms with Crippen molar-refractivity contribution in [3.8, 4) is 0 Å². The van der Waals surface area contributed by atoms with Crippen LogP contribution in [-0.2, 0) is 4.79 Å². The van der Waals surface area contributed by atoms with Crippen molar-refractivity contribution in [3.63, 3.8) is 0 Å². The number of piperidine rings is 1. The van der Waals surface area contributed by atoms with Crippen molar-refractivity contribution in [1.29, 1.82) is 0 Å². The van der Waals surface area contributed by atoms with Gasteiger partial charge in [0.05, 0.1) is 5.75 Å². The van der Waals surface area contributed by atoms with Crippen LogP contribution in [0.5, 0.6) is 0 Å². The Labute approximate surface area is 131 Å². The molecule has 2 N–H and O–H groups in total. The maximum atomic E-state index is 12.3. The van der Waals surface area contributed by atoms with E-state index in [1.54, 1.807) is 11.8 Å². The molecule has 20 heavy (non-hydrogen) atoms. The SMILES string of the molecule is CC1CCCN(C(=O)CSc2ccccc2)C1CN.Cl. The summed E-state index contributed by atoms with van der Waals surface area (Å²) in [5, 5.41) is 0. The van der Waals surface area contributed by atoms with Crippen LogP contribution >= 0.6 is 24.2 Å². The summed E-state index contributed by atoms with van der Waals surface area (Å²) in [5.74, 6) is 1.24. The van der Waals surface area contributed by atoms with Gasteiger partial charge in [-0.2, -0.15) is 0 Å². The predicted molar refractivity (Wildman–Crippen MR) is 87.4 cm³/mol. The number of amides is 1. The summed E-state index contributed by atoms with van der Waals surface area (Å²) in [7, 11) is 0. The quantitative estimate of drug-likeness (QED) is 0.869. The smallest absolute Gasteiger partial charge is 0.233 e. The van der Waals surface area contributed by atoms with Crippen molar-refractivity contribution >= 4 is 30.1 Å². The van der Waals surface area contributed by atoms with Gasteiger partial charge >= 0.3 is 0 Å². The topological polar surface area (TPSA) is 46.3 Å². The Kier molecular flexibility index (Phi) is 7.41. The highest BCUT2D eigenvalue weighted by atomic mass is 35.5. The van der Waals surface area contributed by atoms with Gasteiger partial charge in [-0.15, -0.1) is 24.2 Å². The third-order valence-electron chi connectivity index (χ3n) is 3.78. The normalized spacial score (nSPS) is 22.2. The number of likely N-dealkylation sites (tertiary alicyclic amines) is 1. The standard InChI is InChI=1S/C15H22N2OS.ClH/c1-12-6-5-9-17(14(12)10-16)15(18)11-19-13-7-3-2-4-8-13;/h2-4,7-8,12,14H,5-6,9-11,16H2,1H3;1H. The molecule has 1 heterocycles. The van der Waals surface area contributed by atoms with E-state index in [0.717, 1.165) is 17.9 Å². The van der Waals surface area contributed by atoms with Crippen molar-refractivity contribution in [3.05, 3.63) is 30.3 Å². The van der Waals surface area contributed by atoms with Crippen LogP contribution in [0.2, 0.25) is 0 Å². The number of nitrogens with two attached hydrogens (primary N) is 1. The number of carbonyl (C=O) groups is 1. The van der Waals surface area contributed by atoms with Gasteiger partial charge in [-0.05, 0) is 30.9 Å². The van der Waals surface area contributed by atoms with Gasteiger partial charge in [0.1, 0.15) is 0 Å². The lowest BCUT2D eigenvalue weighted by Crippen LogP contribution is -2.51. The minimum absolute atomic E-state index is 0. The molecule has 1 aromatic rings. The number of rotatable bonds is 4. The molecular formula is C15H23ClN2OS. The van der Waals surface area contributed by atoms with E-state index in [-0.39, 0.29) is 24.4 Å². The van der Waals surface area contributed by atoms with Crippen LogP contribution < -0.4 is 5.73 Å². The minimum atomic E-state index is 0. The molecule has 1 aliphatic rings. The molecule has 0 spiro atoms. The number of hydrogen-bond donors (Lipinski definition) is 1. The fourth-order valence-corrected chi connectivity index (χ4v) is 3.47. The number of benzene rings is 1. The zero-order valence-corrected chi connectivity index (χ0v) is 13.5. The first-order chi connectivity index (χ1) is 9.22. The summed E-state index contributed by atoms with van der Waals surface area (Å²) >= 11 is 1.60. The van der Waals surface area contributed by atoms with Crippen LogP contribution in [0, 0.1) is 5.92 Å². The Morgan fingerprint density at radius 1 is 1.40 bits per heavy atom. The molecule has 5 heteroatoms. The van der Waals surface area contributed by atoms with Gasteiger partial charge in [0.25, 0.3) is 0 Å². The maximum absolute atomic E-state index is 12.3. The molecule has 3 nitrogen and oxygen atoms in total. The van der Waals surface area contributed by atoms with Crippen LogP contribution in [0.25, 0.3) is 0 Å². The third kappa shape index (κ3) is 4.40. The number of nitrogens with zero attached hydrogens (tertiary/aromatic N) is 1. The number of thioether (sulfide) groups is 1. The number of halogens is 1. The van der Waals surface area contributed by atoms with Gasteiger partial charge in [0.2, 0.25) is 5.91 Å². The summed E-state index contributed by atoms with van der Waals surface area (Å²) in [6.45, 7) is 3.63. The summed E-state index contributed by atoms with van der Waals surface area (Å²) in [6, 6.07) is 10.3. The average Bonchev–Trinajstić information content (AvgIpc) is 2.45. The van der Waals surface area contributed by atoms with Crippen LogP contribution in [-0.4, -0.2) is 35.7 Å². The van der Waals surface area contributed by atoms with E-state index in [1.807, 2.05) is 35.2 Å². The van der Waals surface area contributed by atoms with E-state index in [4.69, 9.17) is 5.73 Å². The summed E-state index contributed by atoms with van der Waals surface area (Å²) in [6.07, 6.45) is 2.27. The second-order valence-corrected chi connectivity index (χ2v) is 6.16. The second-order valence-electron chi connectivity index (χ2n) is 5.11. The molecule has 0 radical (unpaired) electrons. The monoisotopic (exact) mass is 314 g/mol. The van der Waals surface area contributed by atoms with Crippen LogP contribution in [0.4, 0.5) is 0 Å². The molecule has 112 valence electrons. The van der Waals surface area contributed by atoms with E-state index in [0.29, 0.717) is 18.2 Å². The lowest BCUT2D eigenvalue weighted by Gasteiger charge is -2.39. The van der Waals surface area contributed by atoms with Gasteiger partial charge < -0.3 is 10.6 Å². The van der Waals surface area contributed by atoms with Gasteiger partial charge in [-0.1, -0.05) is 25.1 Å². The van der Waals surface area contributed by atoms with E-state index in [2.05, 4.69) is 6.92 Å². The largest absolute Gasteiger partial charge is 0.337 e. The first-order valence-electron chi connectivity index (χ1n) is 6.89. The van der Waals surface area contributed by atoms with Gasteiger partial charge in [0.15, 0.2) is 0 Å². The van der Waals surface area contributed by atoms with Crippen molar-refractivity contribution in [2.45, 2.75) is 30.7 Å². The Hall–Kier alpha value is -0.710. The average molecular weight is 315 g/mol. The highest BCUT2D eigenvalue weighted by Crippen LogP contribution is 2.24. The Bertz CT molecular complexity index is 416. The minimum Gasteiger partial charge on any atom is -0.337 e. The molecule has 1 aliphatic heterocycles. The zero-order chi connectivity index (χ0) is 13.7. The zero-order valence-electron chi connectivity index (χ0n) is 11.8. The molecule has 0 bridgehead atoms. The third-order valence-corrected chi connectivity index (χ3v) is 4.78. The highest BCUT2D eigenvalue weighted by Gasteiger charge is 2.30. The molecule has 1 aromatic carbocycles. The van der Waals surface area contributed by atoms with Crippen molar-refractivity contribution < 1.29 is 4.79 Å². The van der Waals surface area contributed by atoms with Crippen LogP contribution in [0.3, 0.4) is 0 Å². The molecule has 2 unspecified atom stereocenters. The van der Waals surface area contributed by atoms with Crippen molar-refractivity contribution in [1.82, 2.24) is 4.90 Å². The van der Waals surface area contributed by atoms with Crippen molar-refractivity contribution in [2.75, 3.05) is 18.8 Å². The van der Waals surface area contributed by atoms with Crippen LogP contribution in [0.1, 0.15) is 19.8 Å². The number of carbonyl (C=O) groups excluding carboxylic acids is 1. The van der Waals surface area contributed by atoms with Gasteiger partial charge in [-0.25, -0.2) is 0 Å². The molecule has 2 rings (SSSR count). The molecule has 1 fully saturated rings. The Morgan fingerprint density at radius 2 is 2.10 bits per heavy atom. The lowest BCUT2D eigenvalue weighted by molar-refractivity contribution is -0.133. The van der Waals surface area contributed by atoms with E-state index >= 15 is 0 Å².